The molecule has 1 saturated heterocycles. The molecule has 6 nitrogen and oxygen atoms in total. The number of H-pyrrole nitrogens is 1. The summed E-state index contributed by atoms with van der Waals surface area (Å²) in [5.74, 6) is 0.768. The van der Waals surface area contributed by atoms with Crippen LogP contribution in [0, 0.1) is 0 Å². The molecule has 112 valence electrons. The topological polar surface area (TPSA) is 66.1 Å². The Bertz CT molecular complexity index is 569. The maximum absolute atomic E-state index is 6.13. The highest BCUT2D eigenvalue weighted by Gasteiger charge is 2.12. The largest absolute Gasteiger partial charge is 0.379 e. The van der Waals surface area contributed by atoms with Gasteiger partial charge in [-0.2, -0.15) is 0 Å². The van der Waals surface area contributed by atoms with Gasteiger partial charge in [0.05, 0.1) is 19.4 Å². The van der Waals surface area contributed by atoms with Crippen LogP contribution >= 0.6 is 11.6 Å². The monoisotopic (exact) mass is 307 g/mol. The predicted octanol–water partition coefficient (Wildman–Crippen LogP) is 2.08. The van der Waals surface area contributed by atoms with Crippen molar-refractivity contribution in [2.24, 2.45) is 0 Å². The Morgan fingerprint density at radius 3 is 2.95 bits per heavy atom. The molecule has 2 heterocycles. The average Bonchev–Trinajstić information content (AvgIpc) is 3.01. The summed E-state index contributed by atoms with van der Waals surface area (Å²) in [4.78, 5) is 2.41. The van der Waals surface area contributed by atoms with Crippen molar-refractivity contribution >= 4 is 23.1 Å². The smallest absolute Gasteiger partial charge is 0.146 e. The van der Waals surface area contributed by atoms with Gasteiger partial charge in [0, 0.05) is 30.3 Å². The van der Waals surface area contributed by atoms with Crippen molar-refractivity contribution in [1.82, 2.24) is 20.3 Å². The first-order valence-electron chi connectivity index (χ1n) is 7.03. The summed E-state index contributed by atoms with van der Waals surface area (Å²) in [5, 5.41) is 14.3. The van der Waals surface area contributed by atoms with Gasteiger partial charge in [-0.1, -0.05) is 16.8 Å². The van der Waals surface area contributed by atoms with E-state index in [2.05, 4.69) is 25.6 Å². The van der Waals surface area contributed by atoms with Crippen LogP contribution in [0.25, 0.3) is 0 Å². The molecule has 0 atom stereocenters. The van der Waals surface area contributed by atoms with Crippen LogP contribution in [0.2, 0.25) is 5.02 Å². The average molecular weight is 308 g/mol. The quantitative estimate of drug-likeness (QED) is 0.885. The third kappa shape index (κ3) is 3.93. The van der Waals surface area contributed by atoms with Gasteiger partial charge in [-0.3, -0.25) is 4.90 Å². The highest BCUT2D eigenvalue weighted by atomic mass is 35.5. The molecule has 1 aromatic heterocycles. The Hall–Kier alpha value is -1.63. The maximum Gasteiger partial charge on any atom is 0.146 e. The molecular formula is C14H18ClN5O. The summed E-state index contributed by atoms with van der Waals surface area (Å²) in [6.07, 6.45) is 2.59. The summed E-state index contributed by atoms with van der Waals surface area (Å²) in [7, 11) is 0. The molecule has 2 N–H and O–H groups in total. The predicted molar refractivity (Wildman–Crippen MR) is 82.1 cm³/mol. The van der Waals surface area contributed by atoms with Gasteiger partial charge < -0.3 is 10.1 Å². The number of nitrogens with one attached hydrogen (secondary N) is 2. The second kappa shape index (κ2) is 6.89. The molecule has 7 heteroatoms. The van der Waals surface area contributed by atoms with Crippen molar-refractivity contribution in [3.63, 3.8) is 0 Å². The first-order valence-corrected chi connectivity index (χ1v) is 7.41. The Balaban J connectivity index is 1.68. The van der Waals surface area contributed by atoms with Crippen LogP contribution in [-0.4, -0.2) is 53.2 Å². The number of hydrogen-bond acceptors (Lipinski definition) is 5. The lowest BCUT2D eigenvalue weighted by atomic mass is 10.1. The summed E-state index contributed by atoms with van der Waals surface area (Å²) in [5.41, 5.74) is 2.21. The molecule has 0 amide bonds. The van der Waals surface area contributed by atoms with Crippen molar-refractivity contribution in [2.75, 3.05) is 38.2 Å². The Morgan fingerprint density at radius 2 is 2.19 bits per heavy atom. The molecular weight excluding hydrogens is 290 g/mol. The highest BCUT2D eigenvalue weighted by molar-refractivity contribution is 6.30. The van der Waals surface area contributed by atoms with Crippen molar-refractivity contribution in [3.05, 3.63) is 35.0 Å². The zero-order valence-corrected chi connectivity index (χ0v) is 12.4. The second-order valence-corrected chi connectivity index (χ2v) is 5.44. The fourth-order valence-electron chi connectivity index (χ4n) is 2.40. The van der Waals surface area contributed by atoms with E-state index >= 15 is 0 Å². The van der Waals surface area contributed by atoms with E-state index in [9.17, 15) is 0 Å². The number of anilines is 2. The molecule has 0 aliphatic carbocycles. The molecule has 0 saturated carbocycles. The second-order valence-electron chi connectivity index (χ2n) is 5.00. The molecule has 0 radical (unpaired) electrons. The fourth-order valence-corrected chi connectivity index (χ4v) is 2.59. The summed E-state index contributed by atoms with van der Waals surface area (Å²) in [6.45, 7) is 4.63. The van der Waals surface area contributed by atoms with E-state index in [1.165, 1.54) is 5.56 Å². The van der Waals surface area contributed by atoms with Gasteiger partial charge in [0.2, 0.25) is 0 Å². The first-order chi connectivity index (χ1) is 10.3. The van der Waals surface area contributed by atoms with E-state index in [0.29, 0.717) is 0 Å². The zero-order chi connectivity index (χ0) is 14.5. The molecule has 1 aromatic carbocycles. The SMILES string of the molecule is Clc1ccc(Nc2cnn[nH]2)c(CCN2CCOCC2)c1. The minimum Gasteiger partial charge on any atom is -0.379 e. The number of aromatic nitrogens is 3. The molecule has 0 bridgehead atoms. The molecule has 2 aromatic rings. The molecule has 1 aliphatic rings. The number of ether oxygens (including phenoxy) is 1. The van der Waals surface area contributed by atoms with Gasteiger partial charge in [0.1, 0.15) is 5.82 Å². The van der Waals surface area contributed by atoms with Crippen LogP contribution in [-0.2, 0) is 11.2 Å². The van der Waals surface area contributed by atoms with Crippen LogP contribution in [0.3, 0.4) is 0 Å². The van der Waals surface area contributed by atoms with Gasteiger partial charge in [-0.05, 0) is 30.2 Å². The van der Waals surface area contributed by atoms with Crippen LogP contribution in [0.15, 0.2) is 24.4 Å². The Morgan fingerprint density at radius 1 is 1.33 bits per heavy atom. The summed E-state index contributed by atoms with van der Waals surface area (Å²) in [6, 6.07) is 5.87. The highest BCUT2D eigenvalue weighted by Crippen LogP contribution is 2.24. The number of nitrogens with zero attached hydrogens (tertiary/aromatic N) is 3. The van der Waals surface area contributed by atoms with Crippen LogP contribution < -0.4 is 5.32 Å². The molecule has 21 heavy (non-hydrogen) atoms. The van der Waals surface area contributed by atoms with Crippen molar-refractivity contribution in [2.45, 2.75) is 6.42 Å². The maximum atomic E-state index is 6.13. The molecule has 1 aliphatic heterocycles. The molecule has 1 fully saturated rings. The van der Waals surface area contributed by atoms with E-state index < -0.39 is 0 Å². The number of benzene rings is 1. The number of aromatic amines is 1. The zero-order valence-electron chi connectivity index (χ0n) is 11.7. The minimum absolute atomic E-state index is 0.750. The number of rotatable bonds is 5. The van der Waals surface area contributed by atoms with Crippen LogP contribution in [0.5, 0.6) is 0 Å². The first kappa shape index (κ1) is 14.3. The van der Waals surface area contributed by atoms with E-state index in [4.69, 9.17) is 16.3 Å². The summed E-state index contributed by atoms with van der Waals surface area (Å²) < 4.78 is 5.37. The van der Waals surface area contributed by atoms with Gasteiger partial charge >= 0.3 is 0 Å². The van der Waals surface area contributed by atoms with Crippen LogP contribution in [0.4, 0.5) is 11.5 Å². The van der Waals surface area contributed by atoms with E-state index in [1.54, 1.807) is 6.20 Å². The number of halogens is 1. The molecule has 0 unspecified atom stereocenters. The lowest BCUT2D eigenvalue weighted by Gasteiger charge is -2.26. The standard InChI is InChI=1S/C14H18ClN5O/c15-12-1-2-13(17-14-10-16-19-18-14)11(9-12)3-4-20-5-7-21-8-6-20/h1-2,9-10H,3-8H2,(H2,16,17,18,19). The van der Waals surface area contributed by atoms with Gasteiger partial charge in [0.25, 0.3) is 0 Å². The fraction of sp³-hybridized carbons (Fsp3) is 0.429. The minimum atomic E-state index is 0.750. The van der Waals surface area contributed by atoms with Crippen molar-refractivity contribution in [1.29, 1.82) is 0 Å². The van der Waals surface area contributed by atoms with Gasteiger partial charge in [0.15, 0.2) is 0 Å². The lowest BCUT2D eigenvalue weighted by molar-refractivity contribution is 0.0384. The Kier molecular flexibility index (Phi) is 4.69. The van der Waals surface area contributed by atoms with E-state index in [-0.39, 0.29) is 0 Å². The normalized spacial score (nSPS) is 16.0. The van der Waals surface area contributed by atoms with Crippen molar-refractivity contribution < 1.29 is 4.74 Å². The van der Waals surface area contributed by atoms with Crippen LogP contribution in [0.1, 0.15) is 5.56 Å². The Labute approximate surface area is 128 Å². The third-order valence-corrected chi connectivity index (χ3v) is 3.79. The summed E-state index contributed by atoms with van der Waals surface area (Å²) >= 11 is 6.13. The molecule has 0 spiro atoms. The van der Waals surface area contributed by atoms with Gasteiger partial charge in [-0.15, -0.1) is 5.10 Å². The number of morpholine rings is 1. The van der Waals surface area contributed by atoms with E-state index in [0.717, 1.165) is 55.8 Å². The third-order valence-electron chi connectivity index (χ3n) is 3.55. The van der Waals surface area contributed by atoms with Gasteiger partial charge in [-0.25, -0.2) is 5.10 Å². The number of hydrogen-bond donors (Lipinski definition) is 2. The van der Waals surface area contributed by atoms with Crippen molar-refractivity contribution in [3.8, 4) is 0 Å². The lowest BCUT2D eigenvalue weighted by Crippen LogP contribution is -2.37. The molecule has 3 rings (SSSR count). The van der Waals surface area contributed by atoms with E-state index in [1.807, 2.05) is 18.2 Å².